The molecule has 3 heterocycles. The van der Waals surface area contributed by atoms with E-state index in [9.17, 15) is 18.4 Å². The Morgan fingerprint density at radius 1 is 1.25 bits per heavy atom. The lowest BCUT2D eigenvalue weighted by molar-refractivity contribution is -0.121. The Kier molecular flexibility index (Phi) is 6.80. The summed E-state index contributed by atoms with van der Waals surface area (Å²) in [6.07, 6.45) is 1.48. The van der Waals surface area contributed by atoms with Crippen LogP contribution in [0.2, 0.25) is 0 Å². The summed E-state index contributed by atoms with van der Waals surface area (Å²) in [5.74, 6) is -0.422. The molecule has 1 unspecified atom stereocenters. The predicted molar refractivity (Wildman–Crippen MR) is 120 cm³/mol. The maximum atomic E-state index is 12.9. The number of carbonyl (C=O) groups is 2. The second-order valence-corrected chi connectivity index (χ2v) is 9.53. The molecule has 1 aromatic carbocycles. The predicted octanol–water partition coefficient (Wildman–Crippen LogP) is 5.27. The number of anilines is 1. The van der Waals surface area contributed by atoms with Gasteiger partial charge in [0.1, 0.15) is 5.75 Å². The number of nitrogens with zero attached hydrogens (tertiary/aromatic N) is 2. The Labute approximate surface area is 191 Å². The van der Waals surface area contributed by atoms with Crippen LogP contribution in [0.3, 0.4) is 0 Å². The van der Waals surface area contributed by atoms with E-state index in [1.165, 1.54) is 34.8 Å². The minimum absolute atomic E-state index is 0.0378. The number of carbonyl (C=O) groups excluding carboxylic acids is 2. The number of aryl methyl sites for hydroxylation is 1. The maximum Gasteiger partial charge on any atom is 0.387 e. The van der Waals surface area contributed by atoms with E-state index in [0.29, 0.717) is 35.2 Å². The van der Waals surface area contributed by atoms with Gasteiger partial charge in [0.2, 0.25) is 5.91 Å². The van der Waals surface area contributed by atoms with Gasteiger partial charge in [-0.05, 0) is 55.5 Å². The fourth-order valence-electron chi connectivity index (χ4n) is 3.65. The van der Waals surface area contributed by atoms with Crippen molar-refractivity contribution < 1.29 is 23.1 Å². The third-order valence-electron chi connectivity index (χ3n) is 5.19. The van der Waals surface area contributed by atoms with Crippen LogP contribution in [0.4, 0.5) is 13.9 Å². The largest absolute Gasteiger partial charge is 0.435 e. The summed E-state index contributed by atoms with van der Waals surface area (Å²) < 4.78 is 29.0. The van der Waals surface area contributed by atoms with Crippen molar-refractivity contribution >= 4 is 39.6 Å². The smallest absolute Gasteiger partial charge is 0.387 e. The summed E-state index contributed by atoms with van der Waals surface area (Å²) in [5, 5.41) is 5.22. The van der Waals surface area contributed by atoms with Crippen LogP contribution in [0.1, 0.15) is 27.4 Å². The molecule has 32 heavy (non-hydrogen) atoms. The molecule has 1 atom stereocenters. The Morgan fingerprint density at radius 3 is 2.72 bits per heavy atom. The van der Waals surface area contributed by atoms with Gasteiger partial charge in [-0.25, -0.2) is 4.98 Å². The van der Waals surface area contributed by atoms with Gasteiger partial charge in [0.25, 0.3) is 5.91 Å². The number of amides is 2. The molecule has 1 N–H and O–H groups in total. The normalized spacial score (nSPS) is 16.2. The number of likely N-dealkylation sites (tertiary alicyclic amines) is 1. The molecular formula is C22H21F2N3O3S2. The number of aromatic nitrogens is 1. The topological polar surface area (TPSA) is 71.5 Å². The first-order valence-electron chi connectivity index (χ1n) is 10.1. The minimum atomic E-state index is -2.88. The van der Waals surface area contributed by atoms with E-state index in [1.807, 2.05) is 18.4 Å². The summed E-state index contributed by atoms with van der Waals surface area (Å²) in [5.41, 5.74) is 1.42. The van der Waals surface area contributed by atoms with E-state index in [4.69, 9.17) is 0 Å². The lowest BCUT2D eigenvalue weighted by atomic mass is 9.97. The summed E-state index contributed by atoms with van der Waals surface area (Å²) >= 11 is 2.75. The highest BCUT2D eigenvalue weighted by Crippen LogP contribution is 2.32. The van der Waals surface area contributed by atoms with Gasteiger partial charge < -0.3 is 15.0 Å². The molecule has 2 amide bonds. The molecule has 6 nitrogen and oxygen atoms in total. The van der Waals surface area contributed by atoms with Crippen LogP contribution in [-0.4, -0.2) is 41.4 Å². The quantitative estimate of drug-likeness (QED) is 0.525. The van der Waals surface area contributed by atoms with Gasteiger partial charge in [0.05, 0.1) is 16.5 Å². The Bertz CT molecular complexity index is 1080. The van der Waals surface area contributed by atoms with E-state index in [-0.39, 0.29) is 23.5 Å². The van der Waals surface area contributed by atoms with Crippen LogP contribution in [0.15, 0.2) is 41.8 Å². The zero-order valence-electron chi connectivity index (χ0n) is 17.2. The van der Waals surface area contributed by atoms with Gasteiger partial charge in [-0.2, -0.15) is 8.78 Å². The zero-order valence-corrected chi connectivity index (χ0v) is 18.8. The molecule has 4 rings (SSSR count). The second kappa shape index (κ2) is 9.74. The molecule has 1 fully saturated rings. The summed E-state index contributed by atoms with van der Waals surface area (Å²) in [4.78, 5) is 33.3. The van der Waals surface area contributed by atoms with E-state index in [0.717, 1.165) is 16.9 Å². The summed E-state index contributed by atoms with van der Waals surface area (Å²) in [7, 11) is 0. The first-order chi connectivity index (χ1) is 15.4. The fourth-order valence-corrected chi connectivity index (χ4v) is 5.18. The third kappa shape index (κ3) is 5.13. The first-order valence-corrected chi connectivity index (χ1v) is 11.8. The second-order valence-electron chi connectivity index (χ2n) is 7.38. The number of nitrogens with one attached hydrogen (secondary N) is 1. The molecular weight excluding hydrogens is 456 g/mol. The molecule has 0 bridgehead atoms. The summed E-state index contributed by atoms with van der Waals surface area (Å²) in [6, 6.07) is 9.86. The number of benzene rings is 1. The van der Waals surface area contributed by atoms with Crippen molar-refractivity contribution in [2.75, 3.05) is 18.4 Å². The van der Waals surface area contributed by atoms with E-state index < -0.39 is 6.61 Å². The number of hydrogen-bond donors (Lipinski definition) is 1. The Hall–Kier alpha value is -2.85. The minimum Gasteiger partial charge on any atom is -0.435 e. The average molecular weight is 478 g/mol. The number of thiophene rings is 1. The lowest BCUT2D eigenvalue weighted by Crippen LogP contribution is -2.43. The van der Waals surface area contributed by atoms with Gasteiger partial charge >= 0.3 is 6.61 Å². The van der Waals surface area contributed by atoms with Crippen molar-refractivity contribution in [2.24, 2.45) is 5.92 Å². The zero-order chi connectivity index (χ0) is 22.7. The number of piperidine rings is 1. The van der Waals surface area contributed by atoms with E-state index in [2.05, 4.69) is 15.0 Å². The van der Waals surface area contributed by atoms with E-state index in [1.54, 1.807) is 23.1 Å². The number of ether oxygens (including phenoxy) is 1. The van der Waals surface area contributed by atoms with Gasteiger partial charge in [0.15, 0.2) is 5.13 Å². The standard InChI is InChI=1S/C22H21F2N3O3S2/c1-13-18(14-6-8-16(9-7-14)30-21(23)24)25-22(32-13)26-19(28)15-4-2-10-27(12-15)20(29)17-5-3-11-31-17/h3,5-9,11,15,21H,2,4,10,12H2,1H3,(H,25,26,28). The van der Waals surface area contributed by atoms with Crippen molar-refractivity contribution in [3.63, 3.8) is 0 Å². The maximum absolute atomic E-state index is 12.9. The van der Waals surface area contributed by atoms with Crippen molar-refractivity contribution in [3.8, 4) is 17.0 Å². The number of alkyl halides is 2. The van der Waals surface area contributed by atoms with Crippen molar-refractivity contribution in [1.82, 2.24) is 9.88 Å². The van der Waals surface area contributed by atoms with Gasteiger partial charge in [-0.3, -0.25) is 9.59 Å². The highest BCUT2D eigenvalue weighted by molar-refractivity contribution is 7.16. The summed E-state index contributed by atoms with van der Waals surface area (Å²) in [6.45, 7) is 0.0337. The van der Waals surface area contributed by atoms with Crippen molar-refractivity contribution in [1.29, 1.82) is 0 Å². The van der Waals surface area contributed by atoms with Gasteiger partial charge in [-0.1, -0.05) is 6.07 Å². The average Bonchev–Trinajstić information content (AvgIpc) is 3.43. The van der Waals surface area contributed by atoms with Crippen LogP contribution in [-0.2, 0) is 4.79 Å². The molecule has 0 spiro atoms. The molecule has 0 radical (unpaired) electrons. The first kappa shape index (κ1) is 22.3. The number of rotatable bonds is 6. The highest BCUT2D eigenvalue weighted by Gasteiger charge is 2.30. The van der Waals surface area contributed by atoms with Gasteiger partial charge in [-0.15, -0.1) is 22.7 Å². The number of thiazole rings is 1. The molecule has 0 saturated carbocycles. The van der Waals surface area contributed by atoms with E-state index >= 15 is 0 Å². The molecule has 10 heteroatoms. The van der Waals surface area contributed by atoms with Crippen LogP contribution in [0, 0.1) is 12.8 Å². The Balaban J connectivity index is 1.41. The molecule has 0 aliphatic carbocycles. The van der Waals surface area contributed by atoms with Gasteiger partial charge in [0, 0.05) is 23.5 Å². The Morgan fingerprint density at radius 2 is 2.03 bits per heavy atom. The molecule has 1 saturated heterocycles. The lowest BCUT2D eigenvalue weighted by Gasteiger charge is -2.31. The fraction of sp³-hybridized carbons (Fsp3) is 0.318. The van der Waals surface area contributed by atoms with Crippen molar-refractivity contribution in [2.45, 2.75) is 26.4 Å². The molecule has 1 aliphatic heterocycles. The SMILES string of the molecule is Cc1sc(NC(=O)C2CCCN(C(=O)c3cccs3)C2)nc1-c1ccc(OC(F)F)cc1. The van der Waals surface area contributed by atoms with Crippen LogP contribution >= 0.6 is 22.7 Å². The van der Waals surface area contributed by atoms with Crippen LogP contribution in [0.25, 0.3) is 11.3 Å². The van der Waals surface area contributed by atoms with Crippen molar-refractivity contribution in [3.05, 3.63) is 51.5 Å². The highest BCUT2D eigenvalue weighted by atomic mass is 32.1. The number of hydrogen-bond acceptors (Lipinski definition) is 6. The molecule has 2 aromatic heterocycles. The molecule has 1 aliphatic rings. The number of halogens is 2. The molecule has 168 valence electrons. The van der Waals surface area contributed by atoms with Crippen LogP contribution in [0.5, 0.6) is 5.75 Å². The molecule has 3 aromatic rings. The third-order valence-corrected chi connectivity index (χ3v) is 6.94. The van der Waals surface area contributed by atoms with Crippen LogP contribution < -0.4 is 10.1 Å². The monoisotopic (exact) mass is 477 g/mol.